The van der Waals surface area contributed by atoms with Gasteiger partial charge in [0.15, 0.2) is 0 Å². The number of ether oxygens (including phenoxy) is 2. The first-order valence-electron chi connectivity index (χ1n) is 22.8. The van der Waals surface area contributed by atoms with Crippen molar-refractivity contribution in [2.24, 2.45) is 16.2 Å². The van der Waals surface area contributed by atoms with Crippen LogP contribution in [0.4, 0.5) is 5.69 Å². The number of unbranched alkanes of at least 4 members (excludes halogenated alkanes) is 2. The lowest BCUT2D eigenvalue weighted by Gasteiger charge is -2.63. The molecule has 1 saturated heterocycles. The van der Waals surface area contributed by atoms with Crippen molar-refractivity contribution in [2.75, 3.05) is 31.6 Å². The van der Waals surface area contributed by atoms with Gasteiger partial charge in [-0.05, 0) is 72.2 Å². The van der Waals surface area contributed by atoms with E-state index in [1.807, 2.05) is 57.2 Å². The number of nitrogens with one attached hydrogen (secondary N) is 4. The number of nitrogens with zero attached hydrogens (tertiary/aromatic N) is 4. The second kappa shape index (κ2) is 21.7. The molecule has 0 bridgehead atoms. The Hall–Kier alpha value is -6.08. The Morgan fingerprint density at radius 3 is 2.27 bits per heavy atom. The van der Waals surface area contributed by atoms with E-state index in [1.165, 1.54) is 11.2 Å². The zero-order valence-electron chi connectivity index (χ0n) is 39.4. The van der Waals surface area contributed by atoms with Crippen molar-refractivity contribution in [2.45, 2.75) is 111 Å². The maximum Gasteiger partial charge on any atom is 0.251 e. The Balaban J connectivity index is 0.877. The highest BCUT2D eigenvalue weighted by atomic mass is 35.5. The summed E-state index contributed by atoms with van der Waals surface area (Å²) in [5, 5.41) is 32.5. The molecular weight excluding hydrogens is 872 g/mol. The van der Waals surface area contributed by atoms with E-state index in [-0.39, 0.29) is 60.9 Å². The van der Waals surface area contributed by atoms with Crippen LogP contribution in [0.3, 0.4) is 0 Å². The van der Waals surface area contributed by atoms with E-state index in [2.05, 4.69) is 65.0 Å². The number of nitriles is 1. The summed E-state index contributed by atoms with van der Waals surface area (Å²) in [6, 6.07) is 20.1. The summed E-state index contributed by atoms with van der Waals surface area (Å²) >= 11 is 6.24. The number of aliphatic hydroxyl groups excluding tert-OH is 1. The fourth-order valence-corrected chi connectivity index (χ4v) is 9.56. The molecular formula is C51H63ClN8O7. The molecule has 1 aromatic heterocycles. The van der Waals surface area contributed by atoms with Crippen LogP contribution in [0.5, 0.6) is 5.75 Å². The van der Waals surface area contributed by atoms with Gasteiger partial charge < -0.3 is 40.7 Å². The third-order valence-corrected chi connectivity index (χ3v) is 13.0. The molecule has 0 spiro atoms. The predicted octanol–water partition coefficient (Wildman–Crippen LogP) is 6.69. The van der Waals surface area contributed by atoms with Crippen LogP contribution in [-0.4, -0.2) is 100 Å². The van der Waals surface area contributed by atoms with Gasteiger partial charge in [0.2, 0.25) is 17.7 Å². The highest BCUT2D eigenvalue weighted by Crippen LogP contribution is 2.55. The van der Waals surface area contributed by atoms with E-state index in [9.17, 15) is 29.5 Å². The number of likely N-dealkylation sites (tertiary alicyclic amines) is 1. The normalized spacial score (nSPS) is 19.9. The molecule has 3 atom stereocenters. The molecule has 67 heavy (non-hydrogen) atoms. The number of carbonyl (C=O) groups is 4. The lowest BCUT2D eigenvalue weighted by atomic mass is 9.49. The number of anilines is 1. The van der Waals surface area contributed by atoms with Crippen LogP contribution in [0, 0.1) is 27.6 Å². The number of rotatable bonds is 19. The largest absolute Gasteiger partial charge is 0.489 e. The fraction of sp³-hybridized carbons (Fsp3) is 0.471. The highest BCUT2D eigenvalue weighted by Gasteiger charge is 2.64. The first kappa shape index (κ1) is 50.3. The van der Waals surface area contributed by atoms with Crippen LogP contribution >= 0.6 is 11.6 Å². The van der Waals surface area contributed by atoms with Gasteiger partial charge in [-0.1, -0.05) is 84.3 Å². The molecule has 356 valence electrons. The lowest BCUT2D eigenvalue weighted by Crippen LogP contribution is -2.74. The first-order chi connectivity index (χ1) is 31.8. The molecule has 4 amide bonds. The van der Waals surface area contributed by atoms with E-state index in [4.69, 9.17) is 21.1 Å². The number of benzene rings is 3. The van der Waals surface area contributed by atoms with Crippen molar-refractivity contribution in [3.8, 4) is 22.9 Å². The molecule has 0 radical (unpaired) electrons. The topological polar surface area (TPSA) is 208 Å². The Morgan fingerprint density at radius 1 is 0.940 bits per heavy atom. The SMILES string of the molecule is CC(C)(C)[C@H](NC(=O)COCCCCCNc1ccc(C(=O)N[C@H]2C(C)(C)[C@H](Oc3ccc(C#N)c(Cl)c3)C2(C)C)cc1)C(=O)N1C[C@H](O)C[C@H]1C(=O)NCc1ccc(-c2cncnc2)cc1. The summed E-state index contributed by atoms with van der Waals surface area (Å²) < 4.78 is 12.0. The molecule has 0 unspecified atom stereocenters. The Kier molecular flexibility index (Phi) is 16.3. The molecule has 1 aliphatic heterocycles. The minimum Gasteiger partial charge on any atom is -0.489 e. The molecule has 15 nitrogen and oxygen atoms in total. The van der Waals surface area contributed by atoms with Crippen molar-refractivity contribution in [1.29, 1.82) is 5.26 Å². The van der Waals surface area contributed by atoms with Crippen LogP contribution in [0.1, 0.15) is 95.6 Å². The van der Waals surface area contributed by atoms with Gasteiger partial charge in [-0.15, -0.1) is 0 Å². The number of amides is 4. The second-order valence-corrected chi connectivity index (χ2v) is 20.1. The van der Waals surface area contributed by atoms with Gasteiger partial charge in [0.1, 0.15) is 42.9 Å². The molecule has 4 aromatic rings. The van der Waals surface area contributed by atoms with Gasteiger partial charge >= 0.3 is 0 Å². The van der Waals surface area contributed by atoms with Crippen LogP contribution < -0.4 is 26.0 Å². The molecule has 3 aromatic carbocycles. The van der Waals surface area contributed by atoms with E-state index in [0.29, 0.717) is 35.1 Å². The van der Waals surface area contributed by atoms with E-state index >= 15 is 0 Å². The number of aliphatic hydroxyl groups is 1. The summed E-state index contributed by atoms with van der Waals surface area (Å²) in [7, 11) is 0. The zero-order valence-corrected chi connectivity index (χ0v) is 40.2. The number of hydrogen-bond acceptors (Lipinski definition) is 11. The monoisotopic (exact) mass is 934 g/mol. The summed E-state index contributed by atoms with van der Waals surface area (Å²) in [6.07, 6.45) is 6.36. The van der Waals surface area contributed by atoms with Gasteiger partial charge in [-0.3, -0.25) is 19.2 Å². The maximum absolute atomic E-state index is 14.0. The highest BCUT2D eigenvalue weighted by molar-refractivity contribution is 6.31. The Morgan fingerprint density at radius 2 is 1.63 bits per heavy atom. The lowest BCUT2D eigenvalue weighted by molar-refractivity contribution is -0.164. The zero-order chi connectivity index (χ0) is 48.5. The smallest absolute Gasteiger partial charge is 0.251 e. The third kappa shape index (κ3) is 12.5. The van der Waals surface area contributed by atoms with Crippen molar-refractivity contribution in [3.63, 3.8) is 0 Å². The predicted molar refractivity (Wildman–Crippen MR) is 256 cm³/mol. The van der Waals surface area contributed by atoms with Crippen molar-refractivity contribution in [3.05, 3.63) is 107 Å². The Bertz CT molecular complexity index is 2390. The van der Waals surface area contributed by atoms with Crippen LogP contribution in [0.15, 0.2) is 85.5 Å². The fourth-order valence-electron chi connectivity index (χ4n) is 9.35. The number of hydrogen-bond donors (Lipinski definition) is 5. The molecule has 1 saturated carbocycles. The summed E-state index contributed by atoms with van der Waals surface area (Å²) in [4.78, 5) is 63.3. The molecule has 1 aliphatic carbocycles. The van der Waals surface area contributed by atoms with Crippen molar-refractivity contribution >= 4 is 40.9 Å². The summed E-state index contributed by atoms with van der Waals surface area (Å²) in [5.41, 5.74) is 3.06. The number of β-amino-alcohol motifs (C(OH)–C–C–N with tert-alkyl or cyclic N) is 1. The van der Waals surface area contributed by atoms with Crippen LogP contribution in [-0.2, 0) is 25.7 Å². The quantitative estimate of drug-likeness (QED) is 0.0626. The minimum absolute atomic E-state index is 0.0169. The molecule has 2 fully saturated rings. The summed E-state index contributed by atoms with van der Waals surface area (Å²) in [6.45, 7) is 14.8. The number of halogens is 1. The number of aromatic nitrogens is 2. The van der Waals surface area contributed by atoms with Gasteiger partial charge in [0, 0.05) is 84.8 Å². The first-order valence-corrected chi connectivity index (χ1v) is 23.2. The van der Waals surface area contributed by atoms with Gasteiger partial charge in [0.25, 0.3) is 5.91 Å². The van der Waals surface area contributed by atoms with Crippen molar-refractivity contribution in [1.82, 2.24) is 30.8 Å². The van der Waals surface area contributed by atoms with E-state index < -0.39 is 35.4 Å². The standard InChI is InChI=1S/C51H63ClN8O7/c1-49(2,3)43(46(65)60-29-38(61)23-41(60)45(64)57-26-32-11-13-33(14-12-32)36-27-54-31-55-28-36)58-42(62)30-66-22-10-8-9-21-56-37-18-15-34(16-19-37)44(63)59-47-50(4,5)48(51(47,6)7)67-39-20-17-35(25-53)40(52)24-39/h11-20,24,27-28,31,38,41,43,47-48,56,61H,8-10,21-23,26,29-30H2,1-7H3,(H,57,64)(H,58,62)(H,59,63)/t38-,41+,43-,47-,48-/m1/s1. The van der Waals surface area contributed by atoms with Crippen LogP contribution in [0.25, 0.3) is 11.1 Å². The van der Waals surface area contributed by atoms with Crippen LogP contribution in [0.2, 0.25) is 5.02 Å². The van der Waals surface area contributed by atoms with Gasteiger partial charge in [-0.2, -0.15) is 5.26 Å². The Labute approximate surface area is 398 Å². The van der Waals surface area contributed by atoms with Gasteiger partial charge in [-0.25, -0.2) is 9.97 Å². The average molecular weight is 936 g/mol. The molecule has 6 rings (SSSR count). The second-order valence-electron chi connectivity index (χ2n) is 19.7. The van der Waals surface area contributed by atoms with E-state index in [0.717, 1.165) is 41.6 Å². The van der Waals surface area contributed by atoms with Crippen molar-refractivity contribution < 1.29 is 33.8 Å². The minimum atomic E-state index is -0.953. The summed E-state index contributed by atoms with van der Waals surface area (Å²) in [5.74, 6) is -0.847. The van der Waals surface area contributed by atoms with Gasteiger partial charge in [0.05, 0.1) is 16.7 Å². The molecule has 2 aliphatic rings. The third-order valence-electron chi connectivity index (χ3n) is 12.7. The average Bonchev–Trinajstić information content (AvgIpc) is 3.70. The number of carbonyl (C=O) groups excluding carboxylic acids is 4. The molecule has 16 heteroatoms. The molecule has 5 N–H and O–H groups in total. The van der Waals surface area contributed by atoms with E-state index in [1.54, 1.807) is 42.7 Å². The maximum atomic E-state index is 14.0. The molecule has 2 heterocycles.